The maximum Gasteiger partial charge on any atom is 0.331 e. The van der Waals surface area contributed by atoms with Gasteiger partial charge in [-0.15, -0.1) is 0 Å². The van der Waals surface area contributed by atoms with Gasteiger partial charge in [0.25, 0.3) is 11.5 Å². The molecule has 2 fully saturated rings. The van der Waals surface area contributed by atoms with Crippen molar-refractivity contribution in [2.75, 3.05) is 18.0 Å². The van der Waals surface area contributed by atoms with Crippen molar-refractivity contribution in [3.63, 3.8) is 0 Å². The molecule has 1 atom stereocenters. The Bertz CT molecular complexity index is 1730. The minimum absolute atomic E-state index is 0.0322. The number of nitrogens with zero attached hydrogens (tertiary/aromatic N) is 6. The van der Waals surface area contributed by atoms with Gasteiger partial charge < -0.3 is 20.5 Å². The zero-order valence-electron chi connectivity index (χ0n) is 22.6. The molecule has 3 N–H and O–H groups in total. The number of carbonyl (C=O) groups excluding carboxylic acids is 1. The number of aryl methyl sites for hydroxylation is 3. The van der Waals surface area contributed by atoms with E-state index in [1.165, 1.54) is 9.13 Å². The number of aromatic nitrogens is 5. The van der Waals surface area contributed by atoms with Gasteiger partial charge in [0.15, 0.2) is 0 Å². The lowest BCUT2D eigenvalue weighted by atomic mass is 10.1. The second-order valence-electron chi connectivity index (χ2n) is 10.7. The molecule has 2 aliphatic rings. The van der Waals surface area contributed by atoms with Gasteiger partial charge in [-0.3, -0.25) is 18.7 Å². The van der Waals surface area contributed by atoms with E-state index in [4.69, 9.17) is 5.73 Å². The van der Waals surface area contributed by atoms with Crippen LogP contribution in [0.2, 0.25) is 0 Å². The molecule has 0 unspecified atom stereocenters. The molecule has 3 aromatic heterocycles. The minimum atomic E-state index is -0.516. The summed E-state index contributed by atoms with van der Waals surface area (Å²) in [7, 11) is 1.62. The lowest BCUT2D eigenvalue weighted by Crippen LogP contribution is -2.44. The summed E-state index contributed by atoms with van der Waals surface area (Å²) < 4.78 is 4.47. The molecule has 1 saturated carbocycles. The topological polar surface area (TPSA) is 133 Å². The number of hydrogen-bond donors (Lipinski definition) is 2. The number of nitrogens with two attached hydrogens (primary N) is 1. The van der Waals surface area contributed by atoms with E-state index in [-0.39, 0.29) is 24.5 Å². The molecule has 1 saturated heterocycles. The first-order valence-corrected chi connectivity index (χ1v) is 13.7. The van der Waals surface area contributed by atoms with Gasteiger partial charge in [-0.2, -0.15) is 0 Å². The maximum atomic E-state index is 14.1. The Balaban J connectivity index is 1.57. The first-order valence-electron chi connectivity index (χ1n) is 13.7. The van der Waals surface area contributed by atoms with Gasteiger partial charge in [-0.25, -0.2) is 14.8 Å². The Morgan fingerprint density at radius 1 is 1.10 bits per heavy atom. The SMILES string of the molecule is CCn1c(N2CCC[C@@H](N)C2)c(C(=O)NC2CC2)c2c1c(=O)n(Cc1nc(C)c3ccccc3n1)c(=O)n2C. The third-order valence-corrected chi connectivity index (χ3v) is 7.86. The van der Waals surface area contributed by atoms with Gasteiger partial charge in [-0.1, -0.05) is 18.2 Å². The molecule has 0 radical (unpaired) electrons. The first kappa shape index (κ1) is 25.3. The molecule has 6 rings (SSSR count). The van der Waals surface area contributed by atoms with Crippen molar-refractivity contribution < 1.29 is 4.79 Å². The molecule has 0 bridgehead atoms. The molecule has 0 spiro atoms. The second-order valence-corrected chi connectivity index (χ2v) is 10.7. The van der Waals surface area contributed by atoms with Crippen molar-refractivity contribution in [3.8, 4) is 0 Å². The number of carbonyl (C=O) groups is 1. The van der Waals surface area contributed by atoms with Crippen LogP contribution in [0, 0.1) is 6.92 Å². The normalized spacial score (nSPS) is 17.7. The zero-order valence-corrected chi connectivity index (χ0v) is 22.6. The van der Waals surface area contributed by atoms with E-state index in [0.29, 0.717) is 41.3 Å². The zero-order chi connectivity index (χ0) is 27.4. The number of fused-ring (bicyclic) bond motifs is 2. The van der Waals surface area contributed by atoms with E-state index < -0.39 is 11.2 Å². The molecular formula is C28H34N8O3. The van der Waals surface area contributed by atoms with Crippen molar-refractivity contribution in [3.05, 3.63) is 62.2 Å². The van der Waals surface area contributed by atoms with Crippen molar-refractivity contribution >= 4 is 33.7 Å². The van der Waals surface area contributed by atoms with Crippen LogP contribution >= 0.6 is 0 Å². The standard InChI is InChI=1S/C28H34N8O3/c1-4-35-24-23(22(25(37)31-18-11-12-18)26(35)34-13-7-8-17(29)14-34)33(3)28(39)36(27(24)38)15-21-30-16(2)19-9-5-6-10-20(19)32-21/h5-6,9-10,17-18H,4,7-8,11-15,29H2,1-3H3,(H,31,37)/t17-/m1/s1. The number of benzene rings is 1. The van der Waals surface area contributed by atoms with Crippen molar-refractivity contribution in [1.29, 1.82) is 0 Å². The highest BCUT2D eigenvalue weighted by Crippen LogP contribution is 2.33. The van der Waals surface area contributed by atoms with E-state index in [1.807, 2.05) is 42.7 Å². The number of hydrogen-bond acceptors (Lipinski definition) is 7. The summed E-state index contributed by atoms with van der Waals surface area (Å²) in [5.41, 5.74) is 7.93. The van der Waals surface area contributed by atoms with E-state index in [2.05, 4.69) is 20.2 Å². The lowest BCUT2D eigenvalue weighted by Gasteiger charge is -2.33. The summed E-state index contributed by atoms with van der Waals surface area (Å²) in [5.74, 6) is 0.779. The third kappa shape index (κ3) is 4.30. The fourth-order valence-electron chi connectivity index (χ4n) is 5.81. The molecule has 1 amide bonds. The number of rotatable bonds is 6. The van der Waals surface area contributed by atoms with Crippen LogP contribution in [0.5, 0.6) is 0 Å². The minimum Gasteiger partial charge on any atom is -0.356 e. The Morgan fingerprint density at radius 3 is 2.59 bits per heavy atom. The van der Waals surface area contributed by atoms with Gasteiger partial charge in [0.1, 0.15) is 22.7 Å². The number of amides is 1. The number of piperidine rings is 1. The molecule has 1 aliphatic heterocycles. The molecule has 204 valence electrons. The van der Waals surface area contributed by atoms with Crippen LogP contribution < -0.4 is 27.2 Å². The predicted octanol–water partition coefficient (Wildman–Crippen LogP) is 1.64. The molecule has 11 nitrogen and oxygen atoms in total. The van der Waals surface area contributed by atoms with Crippen LogP contribution in [0.25, 0.3) is 21.9 Å². The summed E-state index contributed by atoms with van der Waals surface area (Å²) >= 11 is 0. The fourth-order valence-corrected chi connectivity index (χ4v) is 5.81. The Kier molecular flexibility index (Phi) is 6.25. The van der Waals surface area contributed by atoms with Crippen molar-refractivity contribution in [2.24, 2.45) is 12.8 Å². The highest BCUT2D eigenvalue weighted by Gasteiger charge is 2.34. The van der Waals surface area contributed by atoms with E-state index in [9.17, 15) is 14.4 Å². The number of nitrogens with one attached hydrogen (secondary N) is 1. The lowest BCUT2D eigenvalue weighted by molar-refractivity contribution is 0.0952. The Morgan fingerprint density at radius 2 is 1.87 bits per heavy atom. The quantitative estimate of drug-likeness (QED) is 0.387. The van der Waals surface area contributed by atoms with Gasteiger partial charge >= 0.3 is 5.69 Å². The number of para-hydroxylation sites is 1. The highest BCUT2D eigenvalue weighted by molar-refractivity contribution is 6.11. The molecule has 1 aliphatic carbocycles. The van der Waals surface area contributed by atoms with Crippen molar-refractivity contribution in [1.82, 2.24) is 29.0 Å². The highest BCUT2D eigenvalue weighted by atomic mass is 16.2. The first-order chi connectivity index (χ1) is 18.8. The van der Waals surface area contributed by atoms with Crippen LogP contribution in [0.1, 0.15) is 54.5 Å². The van der Waals surface area contributed by atoms with Crippen LogP contribution in [0.4, 0.5) is 5.82 Å². The Labute approximate surface area is 225 Å². The summed E-state index contributed by atoms with van der Waals surface area (Å²) in [6.45, 7) is 5.51. The molecule has 4 heterocycles. The molecule has 39 heavy (non-hydrogen) atoms. The molecular weight excluding hydrogens is 496 g/mol. The Hall–Kier alpha value is -3.99. The van der Waals surface area contributed by atoms with E-state index >= 15 is 0 Å². The fraction of sp³-hybridized carbons (Fsp3) is 0.464. The second kappa shape index (κ2) is 9.64. The summed E-state index contributed by atoms with van der Waals surface area (Å²) in [5, 5.41) is 4.00. The van der Waals surface area contributed by atoms with Crippen molar-refractivity contribution in [2.45, 2.75) is 64.7 Å². The van der Waals surface area contributed by atoms with Crippen LogP contribution in [-0.2, 0) is 20.1 Å². The summed E-state index contributed by atoms with van der Waals surface area (Å²) in [6, 6.07) is 7.75. The smallest absolute Gasteiger partial charge is 0.331 e. The molecule has 4 aromatic rings. The van der Waals surface area contributed by atoms with E-state index in [1.54, 1.807) is 7.05 Å². The van der Waals surface area contributed by atoms with Gasteiger partial charge in [0, 0.05) is 49.8 Å². The third-order valence-electron chi connectivity index (χ3n) is 7.86. The van der Waals surface area contributed by atoms with Gasteiger partial charge in [-0.05, 0) is 45.6 Å². The van der Waals surface area contributed by atoms with Crippen LogP contribution in [0.15, 0.2) is 33.9 Å². The molecule has 11 heteroatoms. The van der Waals surface area contributed by atoms with Crippen LogP contribution in [-0.4, -0.2) is 54.7 Å². The van der Waals surface area contributed by atoms with E-state index in [0.717, 1.165) is 48.8 Å². The van der Waals surface area contributed by atoms with Gasteiger partial charge in [0.2, 0.25) is 0 Å². The largest absolute Gasteiger partial charge is 0.356 e. The summed E-state index contributed by atoms with van der Waals surface area (Å²) in [6.07, 6.45) is 3.65. The average molecular weight is 531 g/mol. The predicted molar refractivity (Wildman–Crippen MR) is 150 cm³/mol. The van der Waals surface area contributed by atoms with Crippen LogP contribution in [0.3, 0.4) is 0 Å². The molecule has 1 aromatic carbocycles. The summed E-state index contributed by atoms with van der Waals surface area (Å²) in [4.78, 5) is 52.8. The average Bonchev–Trinajstić information content (AvgIpc) is 3.66. The maximum absolute atomic E-state index is 14.1. The number of anilines is 1. The monoisotopic (exact) mass is 530 g/mol. The van der Waals surface area contributed by atoms with Gasteiger partial charge in [0.05, 0.1) is 17.6 Å².